The average Bonchev–Trinajstić information content (AvgIpc) is 3.23. The molecule has 13 heteroatoms. The van der Waals surface area contributed by atoms with Crippen LogP contribution in [0.2, 0.25) is 0 Å². The molecule has 11 nitrogen and oxygen atoms in total. The smallest absolute Gasteiger partial charge is 0.358 e. The van der Waals surface area contributed by atoms with Crippen LogP contribution in [0, 0.1) is 10.1 Å². The molecule has 0 aromatic heterocycles. The lowest BCUT2D eigenvalue weighted by Gasteiger charge is -2.41. The van der Waals surface area contributed by atoms with E-state index in [4.69, 9.17) is 14.0 Å². The maximum Gasteiger partial charge on any atom is 0.358 e. The first-order valence-corrected chi connectivity index (χ1v) is 14.5. The van der Waals surface area contributed by atoms with Crippen LogP contribution < -0.4 is 4.74 Å². The molecular weight excluding hydrogens is 521 g/mol. The van der Waals surface area contributed by atoms with Gasteiger partial charge in [-0.05, 0) is 36.8 Å². The van der Waals surface area contributed by atoms with Gasteiger partial charge in [0.2, 0.25) is 7.37 Å². The van der Waals surface area contributed by atoms with Gasteiger partial charge in [-0.25, -0.2) is 4.79 Å². The summed E-state index contributed by atoms with van der Waals surface area (Å²) in [6.07, 6.45) is 0. The van der Waals surface area contributed by atoms with E-state index in [1.807, 2.05) is 30.3 Å². The first kappa shape index (κ1) is 26.4. The number of para-hydroxylation sites is 1. The number of carbonyl (C=O) groups is 2. The third kappa shape index (κ3) is 6.20. The molecule has 2 unspecified atom stereocenters. The molecule has 0 bridgehead atoms. The van der Waals surface area contributed by atoms with Crippen molar-refractivity contribution >= 4 is 41.7 Å². The molecule has 194 valence electrons. The Balaban J connectivity index is 1.48. The second-order valence-electron chi connectivity index (χ2n) is 8.53. The van der Waals surface area contributed by atoms with E-state index >= 15 is 0 Å². The van der Waals surface area contributed by atoms with Crippen LogP contribution in [-0.4, -0.2) is 58.1 Å². The topological polar surface area (TPSA) is 138 Å². The van der Waals surface area contributed by atoms with E-state index in [-0.39, 0.29) is 30.4 Å². The third-order valence-electron chi connectivity index (χ3n) is 5.30. The molecule has 2 aliphatic heterocycles. The normalized spacial score (nSPS) is 19.3. The van der Waals surface area contributed by atoms with Crippen molar-refractivity contribution in [1.82, 2.24) is 4.90 Å². The van der Waals surface area contributed by atoms with Gasteiger partial charge in [-0.15, -0.1) is 0 Å². The standard InChI is InChI=1S/C24H24N3O8PS/c1-15(35-36(2,3)32)21(24(29)34-13-16-9-11-17(12-10-16)27(30)31)26-22(28)20-23(26)37-19(25-20)14-33-18-7-5-4-6-8-18/h4-12,20,23H,13-14H2,1-3H3. The Labute approximate surface area is 217 Å². The Morgan fingerprint density at radius 2 is 1.81 bits per heavy atom. The molecule has 1 amide bonds. The first-order valence-electron chi connectivity index (χ1n) is 11.1. The van der Waals surface area contributed by atoms with Crippen LogP contribution in [0.25, 0.3) is 0 Å². The first-order chi connectivity index (χ1) is 17.5. The minimum atomic E-state index is -3.06. The molecule has 37 heavy (non-hydrogen) atoms. The molecule has 2 aromatic rings. The second-order valence-corrected chi connectivity index (χ2v) is 12.4. The number of thioether (sulfide) groups is 1. The fourth-order valence-corrected chi connectivity index (χ4v) is 5.64. The maximum atomic E-state index is 13.2. The molecule has 0 spiro atoms. The highest BCUT2D eigenvalue weighted by molar-refractivity contribution is 8.15. The summed E-state index contributed by atoms with van der Waals surface area (Å²) >= 11 is 1.29. The number of nitro groups is 1. The average molecular weight is 546 g/mol. The van der Waals surface area contributed by atoms with E-state index in [0.29, 0.717) is 16.4 Å². The number of carbonyl (C=O) groups excluding carboxylic acids is 2. The van der Waals surface area contributed by atoms with E-state index < -0.39 is 35.6 Å². The van der Waals surface area contributed by atoms with Gasteiger partial charge in [0.1, 0.15) is 35.1 Å². The lowest BCUT2D eigenvalue weighted by molar-refractivity contribution is -0.384. The summed E-state index contributed by atoms with van der Waals surface area (Å²) in [5.74, 6) is -0.622. The van der Waals surface area contributed by atoms with E-state index in [1.165, 1.54) is 61.2 Å². The number of esters is 1. The van der Waals surface area contributed by atoms with Crippen molar-refractivity contribution in [3.63, 3.8) is 0 Å². The molecule has 4 rings (SSSR count). The number of benzene rings is 2. The minimum Gasteiger partial charge on any atom is -0.487 e. The Kier molecular flexibility index (Phi) is 7.70. The van der Waals surface area contributed by atoms with Crippen molar-refractivity contribution in [2.45, 2.75) is 24.9 Å². The zero-order chi connectivity index (χ0) is 26.7. The SMILES string of the molecule is CC(OP(C)(C)=O)=C(C(=O)OCc1ccc([N+](=O)[O-])cc1)N1C(=O)C2N=C(COc3ccccc3)SC21. The number of rotatable bonds is 10. The fourth-order valence-electron chi connectivity index (χ4n) is 3.70. The number of ether oxygens (including phenoxy) is 2. The van der Waals surface area contributed by atoms with Gasteiger partial charge in [-0.1, -0.05) is 30.0 Å². The number of non-ortho nitro benzene ring substituents is 1. The van der Waals surface area contributed by atoms with Crippen molar-refractivity contribution in [3.05, 3.63) is 81.7 Å². The largest absolute Gasteiger partial charge is 0.487 e. The summed E-state index contributed by atoms with van der Waals surface area (Å²) in [5, 5.41) is 10.9. The van der Waals surface area contributed by atoms with Crippen LogP contribution >= 0.6 is 19.1 Å². The Bertz CT molecular complexity index is 1320. The molecule has 1 fully saturated rings. The summed E-state index contributed by atoms with van der Waals surface area (Å²) in [7, 11) is -3.06. The highest BCUT2D eigenvalue weighted by Gasteiger charge is 2.55. The molecule has 0 aliphatic carbocycles. The monoisotopic (exact) mass is 545 g/mol. The number of likely N-dealkylation sites (tertiary alicyclic amines) is 1. The Morgan fingerprint density at radius 3 is 2.43 bits per heavy atom. The number of nitro benzene ring substituents is 1. The highest BCUT2D eigenvalue weighted by Crippen LogP contribution is 2.45. The molecule has 0 radical (unpaired) electrons. The predicted octanol–water partition coefficient (Wildman–Crippen LogP) is 4.19. The second kappa shape index (κ2) is 10.8. The number of nitrogens with zero attached hydrogens (tertiary/aromatic N) is 3. The molecule has 2 heterocycles. The van der Waals surface area contributed by atoms with Crippen LogP contribution in [0.15, 0.2) is 71.0 Å². The zero-order valence-electron chi connectivity index (χ0n) is 20.2. The van der Waals surface area contributed by atoms with Crippen LogP contribution in [0.5, 0.6) is 5.75 Å². The van der Waals surface area contributed by atoms with Crippen molar-refractivity contribution in [3.8, 4) is 5.75 Å². The lowest BCUT2D eigenvalue weighted by Crippen LogP contribution is -2.61. The van der Waals surface area contributed by atoms with Gasteiger partial charge < -0.3 is 14.0 Å². The maximum absolute atomic E-state index is 13.2. The summed E-state index contributed by atoms with van der Waals surface area (Å²) < 4.78 is 29.0. The number of amides is 1. The summed E-state index contributed by atoms with van der Waals surface area (Å²) in [4.78, 5) is 42.1. The van der Waals surface area contributed by atoms with Gasteiger partial charge in [0.05, 0.1) is 4.92 Å². The number of aliphatic imine (C=N–C) groups is 1. The van der Waals surface area contributed by atoms with Crippen molar-refractivity contribution in [2.24, 2.45) is 4.99 Å². The number of fused-ring (bicyclic) bond motifs is 1. The van der Waals surface area contributed by atoms with Gasteiger partial charge in [-0.3, -0.25) is 29.4 Å². The predicted molar refractivity (Wildman–Crippen MR) is 138 cm³/mol. The Hall–Kier alpha value is -3.63. The molecule has 2 aliphatic rings. The quantitative estimate of drug-likeness (QED) is 0.0818. The van der Waals surface area contributed by atoms with Gasteiger partial charge >= 0.3 is 5.97 Å². The van der Waals surface area contributed by atoms with Gasteiger partial charge in [0.25, 0.3) is 11.6 Å². The molecule has 0 saturated carbocycles. The summed E-state index contributed by atoms with van der Waals surface area (Å²) in [6, 6.07) is 14.0. The van der Waals surface area contributed by atoms with E-state index in [0.717, 1.165) is 0 Å². The number of β-lactam (4-membered cyclic amide) rings is 1. The molecule has 0 N–H and O–H groups in total. The zero-order valence-corrected chi connectivity index (χ0v) is 21.9. The number of allylic oxidation sites excluding steroid dienone is 1. The van der Waals surface area contributed by atoms with Gasteiger partial charge in [0.15, 0.2) is 11.7 Å². The van der Waals surface area contributed by atoms with E-state index in [2.05, 4.69) is 4.99 Å². The molecular formula is C24H24N3O8PS. The molecule has 2 atom stereocenters. The molecule has 1 saturated heterocycles. The van der Waals surface area contributed by atoms with Crippen LogP contribution in [0.3, 0.4) is 0 Å². The van der Waals surface area contributed by atoms with Crippen molar-refractivity contribution < 1.29 is 33.1 Å². The number of hydrogen-bond donors (Lipinski definition) is 0. The Morgan fingerprint density at radius 1 is 1.14 bits per heavy atom. The van der Waals surface area contributed by atoms with Crippen LogP contribution in [-0.2, 0) is 30.0 Å². The highest BCUT2D eigenvalue weighted by atomic mass is 32.2. The lowest BCUT2D eigenvalue weighted by atomic mass is 10.1. The van der Waals surface area contributed by atoms with Crippen LogP contribution in [0.4, 0.5) is 5.69 Å². The van der Waals surface area contributed by atoms with Crippen molar-refractivity contribution in [2.75, 3.05) is 19.9 Å². The fraction of sp³-hybridized carbons (Fsp3) is 0.292. The van der Waals surface area contributed by atoms with Gasteiger partial charge in [0, 0.05) is 25.5 Å². The van der Waals surface area contributed by atoms with Crippen molar-refractivity contribution in [1.29, 1.82) is 0 Å². The summed E-state index contributed by atoms with van der Waals surface area (Å²) in [5.41, 5.74) is 0.259. The summed E-state index contributed by atoms with van der Waals surface area (Å²) in [6.45, 7) is 4.20. The minimum absolute atomic E-state index is 0.0107. The van der Waals surface area contributed by atoms with E-state index in [1.54, 1.807) is 0 Å². The van der Waals surface area contributed by atoms with Gasteiger partial charge in [-0.2, -0.15) is 0 Å². The molecule has 2 aromatic carbocycles. The van der Waals surface area contributed by atoms with E-state index in [9.17, 15) is 24.3 Å². The number of hydrogen-bond acceptors (Lipinski definition) is 10. The third-order valence-corrected chi connectivity index (χ3v) is 7.22. The van der Waals surface area contributed by atoms with Crippen LogP contribution in [0.1, 0.15) is 12.5 Å².